The first-order valence-electron chi connectivity index (χ1n) is 10.6. The van der Waals surface area contributed by atoms with E-state index in [9.17, 15) is 0 Å². The van der Waals surface area contributed by atoms with Gasteiger partial charge in [-0.2, -0.15) is 5.10 Å². The second-order valence-electron chi connectivity index (χ2n) is 8.07. The van der Waals surface area contributed by atoms with Crippen molar-refractivity contribution in [3.8, 4) is 0 Å². The minimum Gasteiger partial charge on any atom is -0.357 e. The Morgan fingerprint density at radius 1 is 1.11 bits per heavy atom. The molecule has 3 heterocycles. The summed E-state index contributed by atoms with van der Waals surface area (Å²) in [7, 11) is 4.21. The maximum absolute atomic E-state index is 4.80. The summed E-state index contributed by atoms with van der Waals surface area (Å²) in [6, 6.07) is 2.03. The molecule has 2 N–H and O–H groups in total. The minimum atomic E-state index is 0. The van der Waals surface area contributed by atoms with Crippen molar-refractivity contribution in [1.82, 2.24) is 30.2 Å². The van der Waals surface area contributed by atoms with Crippen molar-refractivity contribution < 1.29 is 0 Å². The molecule has 0 aliphatic carbocycles. The molecule has 28 heavy (non-hydrogen) atoms. The van der Waals surface area contributed by atoms with Crippen LogP contribution in [0.4, 0.5) is 0 Å². The van der Waals surface area contributed by atoms with Crippen LogP contribution in [-0.4, -0.2) is 77.4 Å². The molecule has 2 saturated heterocycles. The van der Waals surface area contributed by atoms with Crippen molar-refractivity contribution in [2.75, 3.05) is 46.3 Å². The molecule has 160 valence electrons. The summed E-state index contributed by atoms with van der Waals surface area (Å²) in [5.74, 6) is 0.911. The number of aryl methyl sites for hydroxylation is 1. The molecule has 0 amide bonds. The van der Waals surface area contributed by atoms with E-state index < -0.39 is 0 Å². The van der Waals surface area contributed by atoms with Crippen LogP contribution in [0.2, 0.25) is 0 Å². The van der Waals surface area contributed by atoms with Gasteiger partial charge in [0, 0.05) is 31.9 Å². The van der Waals surface area contributed by atoms with Gasteiger partial charge in [0.1, 0.15) is 0 Å². The minimum absolute atomic E-state index is 0. The predicted molar refractivity (Wildman–Crippen MR) is 126 cm³/mol. The van der Waals surface area contributed by atoms with E-state index in [2.05, 4.69) is 39.5 Å². The average molecular weight is 503 g/mol. The zero-order valence-corrected chi connectivity index (χ0v) is 20.1. The standard InChI is InChI=1S/C20H37N7.HI/c1-4-21-19(22-16-18-8-11-24-26(18)3)23-17-20(9-14-25(2)15-10-20)27-12-6-5-7-13-27;/h8,11H,4-7,9-10,12-17H2,1-3H3,(H2,21,22,23);1H. The van der Waals surface area contributed by atoms with E-state index in [0.717, 1.165) is 24.7 Å². The van der Waals surface area contributed by atoms with E-state index in [-0.39, 0.29) is 29.5 Å². The first kappa shape index (κ1) is 23.4. The van der Waals surface area contributed by atoms with E-state index in [4.69, 9.17) is 4.99 Å². The molecule has 0 saturated carbocycles. The number of rotatable bonds is 6. The third-order valence-corrected chi connectivity index (χ3v) is 6.20. The lowest BCUT2D eigenvalue weighted by molar-refractivity contribution is 0.0173. The van der Waals surface area contributed by atoms with E-state index in [0.29, 0.717) is 6.54 Å². The van der Waals surface area contributed by atoms with Gasteiger partial charge in [0.15, 0.2) is 5.96 Å². The molecule has 2 aliphatic rings. The fourth-order valence-corrected chi connectivity index (χ4v) is 4.31. The molecule has 0 spiro atoms. The van der Waals surface area contributed by atoms with Gasteiger partial charge in [-0.3, -0.25) is 9.58 Å². The average Bonchev–Trinajstić information content (AvgIpc) is 3.11. The number of piperidine rings is 2. The molecule has 0 bridgehead atoms. The molecule has 0 unspecified atom stereocenters. The topological polar surface area (TPSA) is 60.7 Å². The zero-order chi connectivity index (χ0) is 19.1. The van der Waals surface area contributed by atoms with Crippen LogP contribution in [0, 0.1) is 0 Å². The van der Waals surface area contributed by atoms with Gasteiger partial charge < -0.3 is 15.5 Å². The number of hydrogen-bond acceptors (Lipinski definition) is 4. The third kappa shape index (κ3) is 6.06. The van der Waals surface area contributed by atoms with Gasteiger partial charge in [-0.1, -0.05) is 6.42 Å². The molecule has 2 aliphatic heterocycles. The van der Waals surface area contributed by atoms with Gasteiger partial charge in [-0.15, -0.1) is 24.0 Å². The Kier molecular flexibility index (Phi) is 9.49. The summed E-state index contributed by atoms with van der Waals surface area (Å²) in [6.45, 7) is 9.46. The lowest BCUT2D eigenvalue weighted by Gasteiger charge is -2.50. The Balaban J connectivity index is 0.00000280. The highest BCUT2D eigenvalue weighted by molar-refractivity contribution is 14.0. The number of aromatic nitrogens is 2. The summed E-state index contributed by atoms with van der Waals surface area (Å²) in [5.41, 5.74) is 1.38. The van der Waals surface area contributed by atoms with Crippen LogP contribution in [0.5, 0.6) is 0 Å². The number of aliphatic imine (C=N–C) groups is 1. The highest BCUT2D eigenvalue weighted by atomic mass is 127. The lowest BCUT2D eigenvalue weighted by atomic mass is 9.84. The van der Waals surface area contributed by atoms with Crippen LogP contribution in [0.15, 0.2) is 17.3 Å². The van der Waals surface area contributed by atoms with Crippen LogP contribution >= 0.6 is 24.0 Å². The Labute approximate surface area is 187 Å². The number of nitrogens with one attached hydrogen (secondary N) is 2. The predicted octanol–water partition coefficient (Wildman–Crippen LogP) is 2.04. The highest BCUT2D eigenvalue weighted by Gasteiger charge is 2.39. The fraction of sp³-hybridized carbons (Fsp3) is 0.800. The van der Waals surface area contributed by atoms with Crippen LogP contribution < -0.4 is 10.6 Å². The normalized spacial score (nSPS) is 21.2. The van der Waals surface area contributed by atoms with Crippen molar-refractivity contribution in [1.29, 1.82) is 0 Å². The molecule has 8 heteroatoms. The van der Waals surface area contributed by atoms with E-state index in [1.54, 1.807) is 0 Å². The van der Waals surface area contributed by atoms with Gasteiger partial charge >= 0.3 is 0 Å². The Morgan fingerprint density at radius 2 is 1.82 bits per heavy atom. The molecule has 3 rings (SSSR count). The molecule has 1 aromatic rings. The quantitative estimate of drug-likeness (QED) is 0.354. The summed E-state index contributed by atoms with van der Waals surface area (Å²) in [6.07, 6.45) is 8.36. The van der Waals surface area contributed by atoms with Crippen LogP contribution in [0.25, 0.3) is 0 Å². The largest absolute Gasteiger partial charge is 0.357 e. The van der Waals surface area contributed by atoms with Crippen molar-refractivity contribution >= 4 is 29.9 Å². The number of nitrogens with zero attached hydrogens (tertiary/aromatic N) is 5. The highest BCUT2D eigenvalue weighted by Crippen LogP contribution is 2.30. The molecule has 0 aromatic carbocycles. The zero-order valence-electron chi connectivity index (χ0n) is 17.8. The molecule has 7 nitrogen and oxygen atoms in total. The van der Waals surface area contributed by atoms with Gasteiger partial charge in [0.05, 0.1) is 12.2 Å². The number of likely N-dealkylation sites (tertiary alicyclic amines) is 2. The third-order valence-electron chi connectivity index (χ3n) is 6.20. The number of halogens is 1. The van der Waals surface area contributed by atoms with E-state index in [1.807, 2.05) is 24.0 Å². The Hall–Kier alpha value is -0.870. The summed E-state index contributed by atoms with van der Waals surface area (Å²) in [5, 5.41) is 11.3. The lowest BCUT2D eigenvalue weighted by Crippen LogP contribution is -2.62. The van der Waals surface area contributed by atoms with Gasteiger partial charge in [-0.25, -0.2) is 4.99 Å². The second kappa shape index (κ2) is 11.3. The molecular formula is C20H38IN7. The Bertz CT molecular complexity index is 601. The summed E-state index contributed by atoms with van der Waals surface area (Å²) in [4.78, 5) is 10.0. The maximum atomic E-state index is 4.80. The molecular weight excluding hydrogens is 465 g/mol. The summed E-state index contributed by atoms with van der Waals surface area (Å²) >= 11 is 0. The van der Waals surface area contributed by atoms with E-state index in [1.165, 1.54) is 58.3 Å². The first-order chi connectivity index (χ1) is 13.1. The first-order valence-corrected chi connectivity index (χ1v) is 10.6. The summed E-state index contributed by atoms with van der Waals surface area (Å²) < 4.78 is 1.89. The SMILES string of the molecule is CCNC(=NCc1ccnn1C)NCC1(N2CCCCC2)CCN(C)CC1.I. The van der Waals surface area contributed by atoms with Crippen molar-refractivity contribution in [3.05, 3.63) is 18.0 Å². The second-order valence-corrected chi connectivity index (χ2v) is 8.07. The molecule has 0 radical (unpaired) electrons. The van der Waals surface area contributed by atoms with Gasteiger partial charge in [0.2, 0.25) is 0 Å². The van der Waals surface area contributed by atoms with E-state index >= 15 is 0 Å². The Morgan fingerprint density at radius 3 is 2.43 bits per heavy atom. The van der Waals surface area contributed by atoms with Gasteiger partial charge in [-0.05, 0) is 71.9 Å². The van der Waals surface area contributed by atoms with Crippen molar-refractivity contribution in [2.45, 2.75) is 51.1 Å². The van der Waals surface area contributed by atoms with Crippen LogP contribution in [0.1, 0.15) is 44.7 Å². The van der Waals surface area contributed by atoms with Crippen LogP contribution in [-0.2, 0) is 13.6 Å². The molecule has 0 atom stereocenters. The monoisotopic (exact) mass is 503 g/mol. The fourth-order valence-electron chi connectivity index (χ4n) is 4.31. The van der Waals surface area contributed by atoms with Crippen molar-refractivity contribution in [3.63, 3.8) is 0 Å². The molecule has 2 fully saturated rings. The van der Waals surface area contributed by atoms with Gasteiger partial charge in [0.25, 0.3) is 0 Å². The van der Waals surface area contributed by atoms with Crippen LogP contribution in [0.3, 0.4) is 0 Å². The number of guanidine groups is 1. The molecule has 1 aromatic heterocycles. The smallest absolute Gasteiger partial charge is 0.191 e. The maximum Gasteiger partial charge on any atom is 0.191 e. The van der Waals surface area contributed by atoms with Crippen molar-refractivity contribution in [2.24, 2.45) is 12.0 Å². The number of hydrogen-bond donors (Lipinski definition) is 2.